The minimum atomic E-state index is -0.951. The summed E-state index contributed by atoms with van der Waals surface area (Å²) in [4.78, 5) is 1.78. The third kappa shape index (κ3) is 2.82. The van der Waals surface area contributed by atoms with Crippen LogP contribution in [0.1, 0.15) is 43.6 Å². The zero-order valence-corrected chi connectivity index (χ0v) is 11.7. The molecule has 1 aliphatic carbocycles. The van der Waals surface area contributed by atoms with Crippen LogP contribution in [0.4, 0.5) is 5.69 Å². The number of anilines is 1. The Kier molecular flexibility index (Phi) is 4.24. The SMILES string of the molecule is OCC1CN(c2ccc(C3CCCCC3)cc2)[C@@H](O)O1. The molecule has 3 rings (SSSR count). The Balaban J connectivity index is 1.69. The van der Waals surface area contributed by atoms with Gasteiger partial charge in [-0.25, -0.2) is 0 Å². The Bertz CT molecular complexity index is 428. The van der Waals surface area contributed by atoms with Crippen molar-refractivity contribution in [3.8, 4) is 0 Å². The topological polar surface area (TPSA) is 52.9 Å². The van der Waals surface area contributed by atoms with Gasteiger partial charge in [-0.1, -0.05) is 31.4 Å². The van der Waals surface area contributed by atoms with E-state index in [1.54, 1.807) is 4.90 Å². The van der Waals surface area contributed by atoms with Crippen molar-refractivity contribution in [1.82, 2.24) is 0 Å². The molecule has 110 valence electrons. The number of benzene rings is 1. The second kappa shape index (κ2) is 6.12. The molecule has 1 aromatic carbocycles. The van der Waals surface area contributed by atoms with Gasteiger partial charge < -0.3 is 19.8 Å². The molecule has 0 bridgehead atoms. The first-order chi connectivity index (χ1) is 9.78. The van der Waals surface area contributed by atoms with E-state index >= 15 is 0 Å². The first kappa shape index (κ1) is 13.9. The molecular weight excluding hydrogens is 254 g/mol. The van der Waals surface area contributed by atoms with Gasteiger partial charge in [-0.05, 0) is 36.5 Å². The van der Waals surface area contributed by atoms with E-state index in [1.165, 1.54) is 37.7 Å². The van der Waals surface area contributed by atoms with Crippen LogP contribution >= 0.6 is 0 Å². The molecule has 0 spiro atoms. The summed E-state index contributed by atoms with van der Waals surface area (Å²) >= 11 is 0. The fourth-order valence-corrected chi connectivity index (χ4v) is 3.31. The predicted octanol–water partition coefficient (Wildman–Crippen LogP) is 2.21. The minimum absolute atomic E-state index is 0.0618. The molecule has 0 aromatic heterocycles. The summed E-state index contributed by atoms with van der Waals surface area (Å²) in [6.07, 6.45) is 5.37. The lowest BCUT2D eigenvalue weighted by atomic mass is 9.84. The van der Waals surface area contributed by atoms with E-state index in [0.29, 0.717) is 12.5 Å². The first-order valence-electron chi connectivity index (χ1n) is 7.59. The Labute approximate surface area is 120 Å². The molecule has 1 saturated carbocycles. The maximum atomic E-state index is 9.85. The molecule has 4 heteroatoms. The number of aliphatic hydroxyl groups is 2. The Morgan fingerprint density at radius 1 is 1.10 bits per heavy atom. The number of rotatable bonds is 3. The van der Waals surface area contributed by atoms with Crippen molar-refractivity contribution in [3.05, 3.63) is 29.8 Å². The standard InChI is InChI=1S/C16H23NO3/c18-11-15-10-17(16(19)20-15)14-8-6-13(7-9-14)12-4-2-1-3-5-12/h6-9,12,15-16,18-19H,1-5,10-11H2/t15?,16-/m0/s1. The maximum Gasteiger partial charge on any atom is 0.238 e. The Hall–Kier alpha value is -1.10. The van der Waals surface area contributed by atoms with Gasteiger partial charge >= 0.3 is 0 Å². The number of hydrogen-bond donors (Lipinski definition) is 2. The van der Waals surface area contributed by atoms with Gasteiger partial charge in [0.1, 0.15) is 6.10 Å². The second-order valence-electron chi connectivity index (χ2n) is 5.85. The molecule has 0 amide bonds. The summed E-state index contributed by atoms with van der Waals surface area (Å²) in [5.41, 5.74) is 2.36. The molecule has 1 unspecified atom stereocenters. The average Bonchev–Trinajstić information content (AvgIpc) is 2.89. The highest BCUT2D eigenvalue weighted by molar-refractivity contribution is 5.49. The van der Waals surface area contributed by atoms with Gasteiger partial charge in [-0.3, -0.25) is 0 Å². The lowest BCUT2D eigenvalue weighted by Gasteiger charge is -2.24. The number of nitrogens with zero attached hydrogens (tertiary/aromatic N) is 1. The smallest absolute Gasteiger partial charge is 0.238 e. The van der Waals surface area contributed by atoms with Crippen molar-refractivity contribution in [2.75, 3.05) is 18.1 Å². The molecule has 1 aliphatic heterocycles. The number of ether oxygens (including phenoxy) is 1. The largest absolute Gasteiger partial charge is 0.394 e. The molecule has 2 aliphatic rings. The molecule has 1 aromatic rings. The molecule has 4 nitrogen and oxygen atoms in total. The summed E-state index contributed by atoms with van der Waals surface area (Å²) < 4.78 is 5.26. The van der Waals surface area contributed by atoms with Crippen molar-refractivity contribution < 1.29 is 14.9 Å². The quantitative estimate of drug-likeness (QED) is 0.889. The summed E-state index contributed by atoms with van der Waals surface area (Å²) in [6, 6.07) is 8.45. The number of aliphatic hydroxyl groups excluding tert-OH is 2. The van der Waals surface area contributed by atoms with Gasteiger partial charge in [-0.15, -0.1) is 0 Å². The van der Waals surface area contributed by atoms with Crippen molar-refractivity contribution >= 4 is 5.69 Å². The molecule has 2 N–H and O–H groups in total. The molecule has 1 saturated heterocycles. The summed E-state index contributed by atoms with van der Waals surface area (Å²) in [5, 5.41) is 19.0. The van der Waals surface area contributed by atoms with E-state index < -0.39 is 6.41 Å². The summed E-state index contributed by atoms with van der Waals surface area (Å²) in [6.45, 7) is 0.466. The van der Waals surface area contributed by atoms with E-state index in [9.17, 15) is 5.11 Å². The van der Waals surface area contributed by atoms with Gasteiger partial charge in [-0.2, -0.15) is 0 Å². The predicted molar refractivity (Wildman–Crippen MR) is 77.6 cm³/mol. The van der Waals surface area contributed by atoms with Gasteiger partial charge in [0, 0.05) is 5.69 Å². The lowest BCUT2D eigenvalue weighted by Crippen LogP contribution is -2.29. The van der Waals surface area contributed by atoms with Gasteiger partial charge in [0.2, 0.25) is 6.41 Å². The molecule has 2 atom stereocenters. The zero-order valence-electron chi connectivity index (χ0n) is 11.7. The van der Waals surface area contributed by atoms with Crippen molar-refractivity contribution in [3.63, 3.8) is 0 Å². The van der Waals surface area contributed by atoms with E-state index in [1.807, 2.05) is 0 Å². The van der Waals surface area contributed by atoms with Crippen molar-refractivity contribution in [2.45, 2.75) is 50.5 Å². The molecule has 2 fully saturated rings. The van der Waals surface area contributed by atoms with E-state index in [0.717, 1.165) is 5.69 Å². The average molecular weight is 277 g/mol. The van der Waals surface area contributed by atoms with Crippen LogP contribution in [0.2, 0.25) is 0 Å². The van der Waals surface area contributed by atoms with Crippen LogP contribution in [-0.4, -0.2) is 35.9 Å². The Morgan fingerprint density at radius 3 is 2.40 bits per heavy atom. The van der Waals surface area contributed by atoms with Gasteiger partial charge in [0.05, 0.1) is 13.2 Å². The maximum absolute atomic E-state index is 9.85. The van der Waals surface area contributed by atoms with Gasteiger partial charge in [0.15, 0.2) is 0 Å². The number of hydrogen-bond acceptors (Lipinski definition) is 4. The van der Waals surface area contributed by atoms with Crippen LogP contribution < -0.4 is 4.90 Å². The van der Waals surface area contributed by atoms with Crippen molar-refractivity contribution in [2.24, 2.45) is 0 Å². The lowest BCUT2D eigenvalue weighted by molar-refractivity contribution is -0.0989. The Morgan fingerprint density at radius 2 is 1.80 bits per heavy atom. The van der Waals surface area contributed by atoms with Crippen LogP contribution in [0.25, 0.3) is 0 Å². The fourth-order valence-electron chi connectivity index (χ4n) is 3.31. The van der Waals surface area contributed by atoms with Gasteiger partial charge in [0.25, 0.3) is 0 Å². The molecule has 0 radical (unpaired) electrons. The highest BCUT2D eigenvalue weighted by Crippen LogP contribution is 2.34. The van der Waals surface area contributed by atoms with Crippen LogP contribution in [0.15, 0.2) is 24.3 Å². The second-order valence-corrected chi connectivity index (χ2v) is 5.85. The third-order valence-corrected chi connectivity index (χ3v) is 4.49. The highest BCUT2D eigenvalue weighted by Gasteiger charge is 2.31. The van der Waals surface area contributed by atoms with Crippen molar-refractivity contribution in [1.29, 1.82) is 0 Å². The first-order valence-corrected chi connectivity index (χ1v) is 7.59. The van der Waals surface area contributed by atoms with Crippen LogP contribution in [0.3, 0.4) is 0 Å². The third-order valence-electron chi connectivity index (χ3n) is 4.49. The molecule has 20 heavy (non-hydrogen) atoms. The summed E-state index contributed by atoms with van der Waals surface area (Å²) in [7, 11) is 0. The van der Waals surface area contributed by atoms with Crippen LogP contribution in [0, 0.1) is 0 Å². The monoisotopic (exact) mass is 277 g/mol. The molecular formula is C16H23NO3. The normalized spacial score (nSPS) is 28.0. The minimum Gasteiger partial charge on any atom is -0.394 e. The highest BCUT2D eigenvalue weighted by atomic mass is 16.6. The van der Waals surface area contributed by atoms with Crippen LogP contribution in [0.5, 0.6) is 0 Å². The van der Waals surface area contributed by atoms with E-state index in [-0.39, 0.29) is 12.7 Å². The summed E-state index contributed by atoms with van der Waals surface area (Å²) in [5.74, 6) is 0.697. The van der Waals surface area contributed by atoms with Crippen LogP contribution in [-0.2, 0) is 4.74 Å². The van der Waals surface area contributed by atoms with E-state index in [4.69, 9.17) is 9.84 Å². The van der Waals surface area contributed by atoms with E-state index in [2.05, 4.69) is 24.3 Å². The zero-order chi connectivity index (χ0) is 13.9. The molecule has 1 heterocycles. The fraction of sp³-hybridized carbons (Fsp3) is 0.625.